The van der Waals surface area contributed by atoms with Gasteiger partial charge in [0.2, 0.25) is 5.09 Å². The van der Waals surface area contributed by atoms with E-state index in [4.69, 9.17) is 9.56 Å². The molecule has 0 spiro atoms. The first-order valence-electron chi connectivity index (χ1n) is 7.92. The first kappa shape index (κ1) is 16.7. The van der Waals surface area contributed by atoms with Gasteiger partial charge in [-0.15, -0.1) is 0 Å². The van der Waals surface area contributed by atoms with E-state index >= 15 is 0 Å². The number of carbonyl (C=O) groups is 1. The van der Waals surface area contributed by atoms with Gasteiger partial charge in [-0.2, -0.15) is 0 Å². The zero-order valence-corrected chi connectivity index (χ0v) is 14.3. The fourth-order valence-electron chi connectivity index (χ4n) is 3.22. The average molecular weight is 348 g/mol. The number of carbonyl (C=O) groups excluding carboxylic acids is 1. The highest BCUT2D eigenvalue weighted by molar-refractivity contribution is 7.89. The van der Waals surface area contributed by atoms with Crippen LogP contribution in [0.25, 0.3) is 0 Å². The lowest BCUT2D eigenvalue weighted by Gasteiger charge is -2.37. The molecule has 1 amide bonds. The number of rotatable bonds is 4. The number of benzene rings is 1. The van der Waals surface area contributed by atoms with Crippen molar-refractivity contribution in [2.24, 2.45) is 5.14 Å². The maximum atomic E-state index is 12.9. The molecular formula is C17H20N2O4S. The molecule has 1 atom stereocenters. The second kappa shape index (κ2) is 6.41. The van der Waals surface area contributed by atoms with Crippen molar-refractivity contribution in [1.29, 1.82) is 0 Å². The van der Waals surface area contributed by atoms with Crippen LogP contribution in [0.2, 0.25) is 0 Å². The van der Waals surface area contributed by atoms with Crippen molar-refractivity contribution in [2.45, 2.75) is 37.3 Å². The molecule has 0 bridgehead atoms. The maximum Gasteiger partial charge on any atom is 0.271 e. The highest BCUT2D eigenvalue weighted by Gasteiger charge is 2.31. The van der Waals surface area contributed by atoms with E-state index in [1.54, 1.807) is 4.90 Å². The Labute approximate surface area is 141 Å². The van der Waals surface area contributed by atoms with Crippen LogP contribution in [0.15, 0.2) is 46.1 Å². The third-order valence-electron chi connectivity index (χ3n) is 4.34. The van der Waals surface area contributed by atoms with Crippen molar-refractivity contribution in [3.8, 4) is 0 Å². The Morgan fingerprint density at radius 1 is 1.38 bits per heavy atom. The number of nitrogens with two attached hydrogens (primary N) is 1. The summed E-state index contributed by atoms with van der Waals surface area (Å²) >= 11 is 0. The highest BCUT2D eigenvalue weighted by atomic mass is 32.2. The Balaban J connectivity index is 1.93. The number of amides is 1. The van der Waals surface area contributed by atoms with E-state index in [1.807, 2.05) is 12.1 Å². The third kappa shape index (κ3) is 3.09. The molecule has 128 valence electrons. The number of furan rings is 1. The van der Waals surface area contributed by atoms with Crippen LogP contribution in [0, 0.1) is 0 Å². The Kier molecular flexibility index (Phi) is 4.47. The predicted octanol–water partition coefficient (Wildman–Crippen LogP) is 2.47. The van der Waals surface area contributed by atoms with Gasteiger partial charge in [0.25, 0.3) is 15.9 Å². The van der Waals surface area contributed by atoms with Crippen LogP contribution in [-0.2, 0) is 16.4 Å². The molecule has 0 saturated carbocycles. The van der Waals surface area contributed by atoms with E-state index in [2.05, 4.69) is 19.1 Å². The summed E-state index contributed by atoms with van der Waals surface area (Å²) in [5, 5.41) is 4.65. The summed E-state index contributed by atoms with van der Waals surface area (Å²) in [6, 6.07) is 9.32. The third-order valence-corrected chi connectivity index (χ3v) is 5.11. The van der Waals surface area contributed by atoms with Crippen molar-refractivity contribution >= 4 is 15.9 Å². The van der Waals surface area contributed by atoms with E-state index in [1.165, 1.54) is 11.6 Å². The fraction of sp³-hybridized carbons (Fsp3) is 0.353. The molecule has 0 aliphatic carbocycles. The van der Waals surface area contributed by atoms with Gasteiger partial charge in [0.15, 0.2) is 0 Å². The molecular weight excluding hydrogens is 328 g/mol. The SMILES string of the molecule is CCC[C@@H]1c2ccccc2CCN1C(=O)c1coc(S(N)(=O)=O)c1. The first-order valence-corrected chi connectivity index (χ1v) is 9.46. The zero-order chi connectivity index (χ0) is 17.3. The largest absolute Gasteiger partial charge is 0.451 e. The van der Waals surface area contributed by atoms with Gasteiger partial charge in [0.05, 0.1) is 11.6 Å². The van der Waals surface area contributed by atoms with Crippen LogP contribution in [0.5, 0.6) is 0 Å². The van der Waals surface area contributed by atoms with Gasteiger partial charge in [0, 0.05) is 12.6 Å². The molecule has 7 heteroatoms. The molecule has 0 unspecified atom stereocenters. The number of hydrogen-bond donors (Lipinski definition) is 1. The molecule has 1 aliphatic rings. The van der Waals surface area contributed by atoms with Crippen LogP contribution in [0.4, 0.5) is 0 Å². The maximum absolute atomic E-state index is 12.9. The van der Waals surface area contributed by atoms with Gasteiger partial charge < -0.3 is 9.32 Å². The molecule has 2 heterocycles. The van der Waals surface area contributed by atoms with Crippen LogP contribution in [0.1, 0.15) is 47.3 Å². The van der Waals surface area contributed by atoms with Gasteiger partial charge in [-0.3, -0.25) is 4.79 Å². The van der Waals surface area contributed by atoms with Crippen molar-refractivity contribution < 1.29 is 17.6 Å². The molecule has 1 aromatic carbocycles. The number of sulfonamides is 1. The minimum absolute atomic E-state index is 0.0136. The van der Waals surface area contributed by atoms with E-state index in [9.17, 15) is 13.2 Å². The van der Waals surface area contributed by atoms with Crippen molar-refractivity contribution in [3.05, 3.63) is 53.3 Å². The van der Waals surface area contributed by atoms with Crippen molar-refractivity contribution in [3.63, 3.8) is 0 Å². The van der Waals surface area contributed by atoms with Gasteiger partial charge >= 0.3 is 0 Å². The molecule has 24 heavy (non-hydrogen) atoms. The summed E-state index contributed by atoms with van der Waals surface area (Å²) in [6.07, 6.45) is 3.73. The lowest BCUT2D eigenvalue weighted by Crippen LogP contribution is -2.40. The summed E-state index contributed by atoms with van der Waals surface area (Å²) in [5.74, 6) is -0.235. The van der Waals surface area contributed by atoms with Gasteiger partial charge in [-0.25, -0.2) is 13.6 Å². The van der Waals surface area contributed by atoms with E-state index in [-0.39, 0.29) is 17.5 Å². The Morgan fingerprint density at radius 3 is 2.79 bits per heavy atom. The number of nitrogens with zero attached hydrogens (tertiary/aromatic N) is 1. The molecule has 1 aromatic heterocycles. The molecule has 0 saturated heterocycles. The lowest BCUT2D eigenvalue weighted by atomic mass is 9.89. The zero-order valence-electron chi connectivity index (χ0n) is 13.4. The van der Waals surface area contributed by atoms with Crippen molar-refractivity contribution in [1.82, 2.24) is 4.90 Å². The number of fused-ring (bicyclic) bond motifs is 1. The summed E-state index contributed by atoms with van der Waals surface area (Å²) in [5.41, 5.74) is 2.63. The second-order valence-corrected chi connectivity index (χ2v) is 7.44. The van der Waals surface area contributed by atoms with Crippen LogP contribution < -0.4 is 5.14 Å². The van der Waals surface area contributed by atoms with E-state index in [0.717, 1.165) is 31.1 Å². The van der Waals surface area contributed by atoms with Crippen molar-refractivity contribution in [2.75, 3.05) is 6.54 Å². The standard InChI is InChI=1S/C17H20N2O4S/c1-2-5-15-14-7-4-3-6-12(14)8-9-19(15)17(20)13-10-16(23-11-13)24(18,21)22/h3-4,6-7,10-11,15H,2,5,8-9H2,1H3,(H2,18,21,22)/t15-/m1/s1. The number of hydrogen-bond acceptors (Lipinski definition) is 4. The average Bonchev–Trinajstić information content (AvgIpc) is 3.05. The normalized spacial score (nSPS) is 17.6. The minimum atomic E-state index is -3.96. The van der Waals surface area contributed by atoms with Crippen LogP contribution in [0.3, 0.4) is 0 Å². The van der Waals surface area contributed by atoms with Crippen LogP contribution in [-0.4, -0.2) is 25.8 Å². The summed E-state index contributed by atoms with van der Waals surface area (Å²) < 4.78 is 27.6. The Bertz CT molecular complexity index is 857. The topological polar surface area (TPSA) is 93.6 Å². The molecule has 2 aromatic rings. The second-order valence-electron chi connectivity index (χ2n) is 5.95. The molecule has 0 fully saturated rings. The lowest BCUT2D eigenvalue weighted by molar-refractivity contribution is 0.0649. The smallest absolute Gasteiger partial charge is 0.271 e. The molecule has 1 aliphatic heterocycles. The molecule has 6 nitrogen and oxygen atoms in total. The Morgan fingerprint density at radius 2 is 2.12 bits per heavy atom. The summed E-state index contributed by atoms with van der Waals surface area (Å²) in [7, 11) is -3.96. The van der Waals surface area contributed by atoms with Gasteiger partial charge in [-0.1, -0.05) is 37.6 Å². The minimum Gasteiger partial charge on any atom is -0.451 e. The quantitative estimate of drug-likeness (QED) is 0.918. The number of primary sulfonamides is 1. The molecule has 0 radical (unpaired) electrons. The highest BCUT2D eigenvalue weighted by Crippen LogP contribution is 2.34. The summed E-state index contributed by atoms with van der Waals surface area (Å²) in [4.78, 5) is 14.7. The van der Waals surface area contributed by atoms with Gasteiger partial charge in [0.1, 0.15) is 6.26 Å². The van der Waals surface area contributed by atoms with E-state index in [0.29, 0.717) is 6.54 Å². The Hall–Kier alpha value is -2.12. The van der Waals surface area contributed by atoms with Crippen LogP contribution >= 0.6 is 0 Å². The molecule has 3 rings (SSSR count). The first-order chi connectivity index (χ1) is 11.4. The monoisotopic (exact) mass is 348 g/mol. The molecule has 2 N–H and O–H groups in total. The van der Waals surface area contributed by atoms with E-state index < -0.39 is 15.1 Å². The van der Waals surface area contributed by atoms with Gasteiger partial charge in [-0.05, 0) is 24.0 Å². The summed E-state index contributed by atoms with van der Waals surface area (Å²) in [6.45, 7) is 2.67. The predicted molar refractivity (Wildman–Crippen MR) is 88.9 cm³/mol. The fourth-order valence-corrected chi connectivity index (χ4v) is 3.70.